The molecule has 1 heterocycles. The van der Waals surface area contributed by atoms with Crippen LogP contribution in [0.4, 0.5) is 5.69 Å². The average molecular weight is 558 g/mol. The molecule has 0 saturated carbocycles. The summed E-state index contributed by atoms with van der Waals surface area (Å²) in [7, 11) is -2.56. The first-order valence-electron chi connectivity index (χ1n) is 12.8. The van der Waals surface area contributed by atoms with Crippen LogP contribution in [-0.4, -0.2) is 49.1 Å². The number of carbonyl (C=O) groups excluding carboxylic acids is 1. The normalized spacial score (nSPS) is 15.6. The summed E-state index contributed by atoms with van der Waals surface area (Å²) in [6.45, 7) is 0.627. The van der Waals surface area contributed by atoms with E-state index < -0.39 is 16.1 Å². The Labute approximate surface area is 233 Å². The molecular weight excluding hydrogens is 526 g/mol. The molecule has 0 aliphatic carbocycles. The van der Waals surface area contributed by atoms with Gasteiger partial charge in [0.05, 0.1) is 12.0 Å². The predicted molar refractivity (Wildman–Crippen MR) is 155 cm³/mol. The van der Waals surface area contributed by atoms with Gasteiger partial charge in [0.25, 0.3) is 0 Å². The molecule has 0 radical (unpaired) electrons. The number of carbonyl (C=O) groups is 1. The molecule has 1 saturated heterocycles. The Morgan fingerprint density at radius 2 is 1.80 bits per heavy atom. The highest BCUT2D eigenvalue weighted by Gasteiger charge is 2.42. The van der Waals surface area contributed by atoms with Crippen LogP contribution in [0.2, 0.25) is 0 Å². The van der Waals surface area contributed by atoms with Gasteiger partial charge >= 0.3 is 0 Å². The van der Waals surface area contributed by atoms with Gasteiger partial charge in [0.1, 0.15) is 17.6 Å². The first-order chi connectivity index (χ1) is 19.2. The van der Waals surface area contributed by atoms with Crippen LogP contribution in [-0.2, 0) is 27.9 Å². The third-order valence-electron chi connectivity index (χ3n) is 7.23. The van der Waals surface area contributed by atoms with Crippen LogP contribution in [0.25, 0.3) is 10.8 Å². The van der Waals surface area contributed by atoms with Crippen LogP contribution >= 0.6 is 0 Å². The maximum absolute atomic E-state index is 14.2. The van der Waals surface area contributed by atoms with E-state index in [1.54, 1.807) is 78.7 Å². The van der Waals surface area contributed by atoms with Gasteiger partial charge in [0, 0.05) is 30.9 Å². The minimum absolute atomic E-state index is 0.0464. The number of sulfonamides is 1. The Hall–Kier alpha value is -4.41. The quantitative estimate of drug-likeness (QED) is 0.163. The van der Waals surface area contributed by atoms with E-state index in [1.165, 1.54) is 4.31 Å². The third kappa shape index (κ3) is 5.36. The smallest absolute Gasteiger partial charge is 0.244 e. The third-order valence-corrected chi connectivity index (χ3v) is 9.09. The van der Waals surface area contributed by atoms with Crippen molar-refractivity contribution < 1.29 is 17.9 Å². The van der Waals surface area contributed by atoms with Crippen LogP contribution in [0.3, 0.4) is 0 Å². The van der Waals surface area contributed by atoms with Crippen molar-refractivity contribution in [1.29, 1.82) is 5.41 Å². The Balaban J connectivity index is 1.50. The van der Waals surface area contributed by atoms with Crippen LogP contribution in [0.5, 0.6) is 5.75 Å². The minimum Gasteiger partial charge on any atom is -0.497 e. The zero-order chi connectivity index (χ0) is 28.4. The number of benzene rings is 4. The van der Waals surface area contributed by atoms with Crippen molar-refractivity contribution in [3.63, 3.8) is 0 Å². The molecule has 0 spiro atoms. The van der Waals surface area contributed by atoms with Crippen LogP contribution in [0, 0.1) is 5.41 Å². The lowest BCUT2D eigenvalue weighted by Crippen LogP contribution is -2.44. The molecule has 1 amide bonds. The highest BCUT2D eigenvalue weighted by atomic mass is 32.2. The number of hydrogen-bond acceptors (Lipinski definition) is 6. The van der Waals surface area contributed by atoms with Crippen molar-refractivity contribution >= 4 is 38.2 Å². The largest absolute Gasteiger partial charge is 0.497 e. The Kier molecular flexibility index (Phi) is 7.46. The van der Waals surface area contributed by atoms with Crippen molar-refractivity contribution in [2.45, 2.75) is 30.4 Å². The first-order valence-corrected chi connectivity index (χ1v) is 14.3. The summed E-state index contributed by atoms with van der Waals surface area (Å²) in [6.07, 6.45) is 0.332. The molecule has 0 bridgehead atoms. The van der Waals surface area contributed by atoms with Gasteiger partial charge in [-0.15, -0.1) is 0 Å². The molecule has 1 fully saturated rings. The molecule has 0 unspecified atom stereocenters. The van der Waals surface area contributed by atoms with Gasteiger partial charge in [-0.25, -0.2) is 8.42 Å². The van der Waals surface area contributed by atoms with E-state index in [2.05, 4.69) is 0 Å². The fraction of sp³-hybridized carbons (Fsp3) is 0.200. The van der Waals surface area contributed by atoms with Crippen molar-refractivity contribution in [1.82, 2.24) is 9.21 Å². The lowest BCUT2D eigenvalue weighted by Gasteiger charge is -2.28. The molecule has 1 atom stereocenters. The molecule has 9 nitrogen and oxygen atoms in total. The highest BCUT2D eigenvalue weighted by molar-refractivity contribution is 7.89. The number of ether oxygens (including phenoxy) is 1. The molecule has 10 heteroatoms. The SMILES string of the molecule is COc1ccc2ccc(S(=O)(=O)N(Cc3ccccc3N)[C@H]3CCN(Cc4cccc(C(=N)N)c4)C3=O)cc2c1. The second kappa shape index (κ2) is 11.0. The van der Waals surface area contributed by atoms with E-state index in [9.17, 15) is 13.2 Å². The van der Waals surface area contributed by atoms with Crippen LogP contribution in [0.1, 0.15) is 23.1 Å². The number of nitrogens with zero attached hydrogens (tertiary/aromatic N) is 2. The Bertz CT molecular complexity index is 1710. The number of likely N-dealkylation sites (tertiary alicyclic amines) is 1. The molecule has 4 aromatic rings. The minimum atomic E-state index is -4.11. The lowest BCUT2D eigenvalue weighted by molar-refractivity contribution is -0.131. The molecule has 0 aromatic heterocycles. The maximum atomic E-state index is 14.2. The van der Waals surface area contributed by atoms with Gasteiger partial charge in [-0.2, -0.15) is 4.31 Å². The van der Waals surface area contributed by atoms with Crippen molar-refractivity contribution in [2.75, 3.05) is 19.4 Å². The molecule has 1 aliphatic heterocycles. The fourth-order valence-corrected chi connectivity index (χ4v) is 6.67. The van der Waals surface area contributed by atoms with E-state index in [-0.39, 0.29) is 29.7 Å². The topological polar surface area (TPSA) is 143 Å². The maximum Gasteiger partial charge on any atom is 0.244 e. The number of nitrogens with two attached hydrogens (primary N) is 2. The van der Waals surface area contributed by atoms with Gasteiger partial charge in [-0.05, 0) is 64.7 Å². The van der Waals surface area contributed by atoms with Gasteiger partial charge in [0.15, 0.2) is 0 Å². The summed E-state index contributed by atoms with van der Waals surface area (Å²) in [5.74, 6) is 0.276. The standard InChI is InChI=1S/C30H31N5O4S/c1-39-25-11-9-21-10-12-26(17-24(21)16-25)40(37,38)35(19-23-6-2-3-8-27(23)31)28-13-14-34(30(28)36)18-20-5-4-7-22(15-20)29(32)33/h2-12,15-17,28H,13-14,18-19,31H2,1H3,(H3,32,33)/t28-/m0/s1. The van der Waals surface area contributed by atoms with Gasteiger partial charge in [0.2, 0.25) is 15.9 Å². The fourth-order valence-electron chi connectivity index (χ4n) is 5.04. The van der Waals surface area contributed by atoms with E-state index in [1.807, 2.05) is 18.2 Å². The number of methoxy groups -OCH3 is 1. The van der Waals surface area contributed by atoms with E-state index in [4.69, 9.17) is 21.6 Å². The van der Waals surface area contributed by atoms with Gasteiger partial charge in [-0.3, -0.25) is 10.2 Å². The average Bonchev–Trinajstić information content (AvgIpc) is 3.30. The number of nitrogens with one attached hydrogen (secondary N) is 1. The summed E-state index contributed by atoms with van der Waals surface area (Å²) in [5.41, 5.74) is 14.3. The highest BCUT2D eigenvalue weighted by Crippen LogP contribution is 2.31. The van der Waals surface area contributed by atoms with Crippen molar-refractivity contribution in [3.05, 3.63) is 102 Å². The lowest BCUT2D eigenvalue weighted by atomic mass is 10.1. The zero-order valence-corrected chi connectivity index (χ0v) is 22.9. The summed E-state index contributed by atoms with van der Waals surface area (Å²) in [5, 5.41) is 9.28. The number of amidine groups is 1. The van der Waals surface area contributed by atoms with E-state index >= 15 is 0 Å². The molecule has 5 N–H and O–H groups in total. The van der Waals surface area contributed by atoms with Crippen LogP contribution in [0.15, 0.2) is 89.8 Å². The van der Waals surface area contributed by atoms with Crippen LogP contribution < -0.4 is 16.2 Å². The molecule has 40 heavy (non-hydrogen) atoms. The molecule has 5 rings (SSSR count). The molecule has 1 aliphatic rings. The Morgan fingerprint density at radius 3 is 2.55 bits per heavy atom. The first kappa shape index (κ1) is 27.2. The number of hydrogen-bond donors (Lipinski definition) is 3. The predicted octanol–water partition coefficient (Wildman–Crippen LogP) is 3.71. The number of nitrogen functional groups attached to an aromatic ring is 2. The van der Waals surface area contributed by atoms with Gasteiger partial charge < -0.3 is 21.1 Å². The summed E-state index contributed by atoms with van der Waals surface area (Å²) >= 11 is 0. The molecule has 206 valence electrons. The molecular formula is C30H31N5O4S. The van der Waals surface area contributed by atoms with Gasteiger partial charge in [-0.1, -0.05) is 48.5 Å². The molecule has 4 aromatic carbocycles. The number of fused-ring (bicyclic) bond motifs is 1. The van der Waals surface area contributed by atoms with Crippen molar-refractivity contribution in [3.8, 4) is 5.75 Å². The number of para-hydroxylation sites is 1. The monoisotopic (exact) mass is 557 g/mol. The number of rotatable bonds is 9. The summed E-state index contributed by atoms with van der Waals surface area (Å²) in [4.78, 5) is 15.5. The second-order valence-electron chi connectivity index (χ2n) is 9.80. The Morgan fingerprint density at radius 1 is 1.02 bits per heavy atom. The van der Waals surface area contributed by atoms with E-state index in [0.29, 0.717) is 40.9 Å². The second-order valence-corrected chi connectivity index (χ2v) is 11.7. The number of anilines is 1. The number of amides is 1. The summed E-state index contributed by atoms with van der Waals surface area (Å²) in [6, 6.07) is 23.7. The van der Waals surface area contributed by atoms with E-state index in [0.717, 1.165) is 10.9 Å². The van der Waals surface area contributed by atoms with Crippen molar-refractivity contribution in [2.24, 2.45) is 5.73 Å². The summed E-state index contributed by atoms with van der Waals surface area (Å²) < 4.78 is 35.0. The zero-order valence-electron chi connectivity index (χ0n) is 22.1.